The lowest BCUT2D eigenvalue weighted by Crippen LogP contribution is -2.63. The van der Waals surface area contributed by atoms with E-state index in [2.05, 4.69) is 20.6 Å². The quantitative estimate of drug-likeness (QED) is 0.167. The number of alkyl halides is 3. The van der Waals surface area contributed by atoms with Crippen molar-refractivity contribution >= 4 is 45.1 Å². The molecule has 3 heterocycles. The minimum absolute atomic E-state index is 0.0421. The summed E-state index contributed by atoms with van der Waals surface area (Å²) in [4.78, 5) is 72.6. The van der Waals surface area contributed by atoms with Crippen LogP contribution in [0.5, 0.6) is 0 Å². The third-order valence-corrected chi connectivity index (χ3v) is 11.7. The summed E-state index contributed by atoms with van der Waals surface area (Å²) in [6.45, 7) is 1.14. The maximum atomic E-state index is 14.7. The molecule has 0 bridgehead atoms. The van der Waals surface area contributed by atoms with Gasteiger partial charge in [-0.15, -0.1) is 5.10 Å². The van der Waals surface area contributed by atoms with Crippen LogP contribution in [0.1, 0.15) is 93.7 Å². The summed E-state index contributed by atoms with van der Waals surface area (Å²) in [7, 11) is -4.58. The Kier molecular flexibility index (Phi) is 12.8. The van der Waals surface area contributed by atoms with Crippen molar-refractivity contribution < 1.29 is 55.4 Å². The maximum Gasteiger partial charge on any atom is 0.402 e. The second-order valence-electron chi connectivity index (χ2n) is 14.9. The largest absolute Gasteiger partial charge is 0.402 e. The van der Waals surface area contributed by atoms with Crippen LogP contribution in [0, 0.1) is 5.92 Å². The first kappa shape index (κ1) is 42.5. The number of hydrogen-bond acceptors (Lipinski definition) is 11. The van der Waals surface area contributed by atoms with E-state index < -0.39 is 80.3 Å². The maximum absolute atomic E-state index is 14.7. The van der Waals surface area contributed by atoms with Gasteiger partial charge < -0.3 is 25.8 Å². The van der Waals surface area contributed by atoms with Gasteiger partial charge in [0, 0.05) is 44.6 Å². The van der Waals surface area contributed by atoms with E-state index in [1.807, 2.05) is 0 Å². The smallest absolute Gasteiger partial charge is 0.384 e. The number of Topliss-reactive ketones (excluding diaryl/α,β-unsaturated/α-hetero) is 1. The van der Waals surface area contributed by atoms with Crippen LogP contribution in [0.25, 0.3) is 0 Å². The number of nitrogens with one attached hydrogen (secondary N) is 2. The third-order valence-electron chi connectivity index (χ3n) is 10.3. The van der Waals surface area contributed by atoms with Crippen LogP contribution in [0.4, 0.5) is 13.2 Å². The van der Waals surface area contributed by atoms with Gasteiger partial charge in [0.25, 0.3) is 17.7 Å². The average molecular weight is 811 g/mol. The third kappa shape index (κ3) is 10.0. The number of amides is 4. The molecule has 1 aliphatic carbocycles. The fourth-order valence-electron chi connectivity index (χ4n) is 7.33. The molecule has 3 fully saturated rings. The van der Waals surface area contributed by atoms with E-state index in [-0.39, 0.29) is 68.3 Å². The van der Waals surface area contributed by atoms with Crippen molar-refractivity contribution in [2.45, 2.75) is 106 Å². The molecule has 21 heteroatoms. The van der Waals surface area contributed by atoms with E-state index >= 15 is 0 Å². The van der Waals surface area contributed by atoms with Crippen LogP contribution < -0.4 is 15.8 Å². The first-order valence-electron chi connectivity index (χ1n) is 18.2. The summed E-state index contributed by atoms with van der Waals surface area (Å²) in [6, 6.07) is 1.96. The Morgan fingerprint density at radius 3 is 2.29 bits per heavy atom. The lowest BCUT2D eigenvalue weighted by Gasteiger charge is -2.37. The first-order valence-corrected chi connectivity index (χ1v) is 19.7. The summed E-state index contributed by atoms with van der Waals surface area (Å²) < 4.78 is 71.0. The minimum atomic E-state index is -4.80. The molecule has 2 aromatic rings. The average Bonchev–Trinajstić information content (AvgIpc) is 3.83. The highest BCUT2D eigenvalue weighted by Gasteiger charge is 2.49. The molecule has 1 saturated carbocycles. The van der Waals surface area contributed by atoms with Crippen molar-refractivity contribution in [2.24, 2.45) is 16.6 Å². The lowest BCUT2D eigenvalue weighted by molar-refractivity contribution is -0.146. The zero-order chi connectivity index (χ0) is 41.1. The number of likely N-dealkylation sites (tertiary alicyclic amines) is 1. The summed E-state index contributed by atoms with van der Waals surface area (Å²) in [5.41, 5.74) is 2.17. The molecule has 5 rings (SSSR count). The van der Waals surface area contributed by atoms with Crippen LogP contribution in [-0.2, 0) is 39.5 Å². The number of nitrogens with zero attached hydrogens (tertiary/aromatic N) is 5. The second kappa shape index (κ2) is 16.9. The van der Waals surface area contributed by atoms with Gasteiger partial charge in [0.05, 0.1) is 22.8 Å². The molecule has 2 saturated heterocycles. The van der Waals surface area contributed by atoms with Crippen LogP contribution in [0.15, 0.2) is 40.4 Å². The van der Waals surface area contributed by atoms with E-state index in [4.69, 9.17) is 10.5 Å². The highest BCUT2D eigenvalue weighted by Crippen LogP contribution is 2.34. The van der Waals surface area contributed by atoms with Crippen molar-refractivity contribution in [3.8, 4) is 0 Å². The van der Waals surface area contributed by atoms with Crippen molar-refractivity contribution in [2.75, 3.05) is 26.3 Å². The van der Waals surface area contributed by atoms with Crippen LogP contribution in [0.3, 0.4) is 0 Å². The van der Waals surface area contributed by atoms with Crippen LogP contribution >= 0.6 is 0 Å². The number of carbonyl (C=O) groups is 5. The van der Waals surface area contributed by atoms with E-state index in [0.717, 1.165) is 56.4 Å². The number of halogens is 3. The van der Waals surface area contributed by atoms with Gasteiger partial charge in [0.15, 0.2) is 0 Å². The molecule has 17 nitrogen and oxygen atoms in total. The van der Waals surface area contributed by atoms with Gasteiger partial charge in [-0.05, 0) is 50.5 Å². The Hall–Kier alpha value is -4.60. The number of aromatic nitrogens is 3. The Morgan fingerprint density at radius 1 is 1.05 bits per heavy atom. The van der Waals surface area contributed by atoms with E-state index in [1.165, 1.54) is 34.3 Å². The summed E-state index contributed by atoms with van der Waals surface area (Å²) in [5.74, 6) is -4.85. The number of hydrogen-bond donors (Lipinski definition) is 4. The molecule has 4 amide bonds. The minimum Gasteiger partial charge on any atom is -0.384 e. The van der Waals surface area contributed by atoms with Gasteiger partial charge in [-0.1, -0.05) is 37.3 Å². The molecular weight excluding hydrogens is 765 g/mol. The van der Waals surface area contributed by atoms with Gasteiger partial charge in [-0.25, -0.2) is 22.8 Å². The zero-order valence-electron chi connectivity index (χ0n) is 30.9. The molecule has 0 spiro atoms. The molecule has 3 aliphatic rings. The van der Waals surface area contributed by atoms with Gasteiger partial charge in [-0.3, -0.25) is 24.0 Å². The summed E-state index contributed by atoms with van der Waals surface area (Å²) in [6.07, 6.45) is 0.608. The highest BCUT2D eigenvalue weighted by molar-refractivity contribution is 7.89. The molecule has 1 aromatic heterocycles. The molecule has 2 atom stereocenters. The second-order valence-corrected chi connectivity index (χ2v) is 16.7. The predicted molar refractivity (Wildman–Crippen MR) is 190 cm³/mol. The van der Waals surface area contributed by atoms with Gasteiger partial charge in [0.2, 0.25) is 21.7 Å². The van der Waals surface area contributed by atoms with Crippen LogP contribution in [-0.4, -0.2) is 113 Å². The van der Waals surface area contributed by atoms with E-state index in [9.17, 15) is 50.7 Å². The number of aliphatic hydroxyl groups is 1. The van der Waals surface area contributed by atoms with Gasteiger partial charge >= 0.3 is 6.18 Å². The number of rotatable bonds is 13. The fourth-order valence-corrected chi connectivity index (χ4v) is 8.35. The normalized spacial score (nSPS) is 21.1. The topological polar surface area (TPSA) is 245 Å². The van der Waals surface area contributed by atoms with Gasteiger partial charge in [0.1, 0.15) is 29.4 Å². The number of nitrogens with two attached hydrogens (primary N) is 1. The van der Waals surface area contributed by atoms with Crippen molar-refractivity contribution in [3.05, 3.63) is 41.7 Å². The van der Waals surface area contributed by atoms with Crippen molar-refractivity contribution in [3.63, 3.8) is 0 Å². The summed E-state index contributed by atoms with van der Waals surface area (Å²) in [5, 5.41) is 21.6. The fraction of sp³-hybridized carbons (Fsp3) is 0.600. The number of aliphatic imine (C=N–C) groups is 1. The van der Waals surface area contributed by atoms with E-state index in [1.54, 1.807) is 0 Å². The molecule has 1 aromatic carbocycles. The monoisotopic (exact) mass is 810 g/mol. The SMILES string of the molecule is CC(C)(O)c1cnnn1[C@H]1C[C@@H](C(=O)NC2(C(=O)C(N)=O)CCOCC2)N(C(=O)C(CC2CCCCC2)=NC(=O)c2ccc(S(=O)(=O)NCC(F)(F)F)cc2)C1. The molecular formula is C35H45F3N8O9S. The number of benzene rings is 1. The highest BCUT2D eigenvalue weighted by atomic mass is 32.2. The van der Waals surface area contributed by atoms with Crippen molar-refractivity contribution in [1.29, 1.82) is 0 Å². The summed E-state index contributed by atoms with van der Waals surface area (Å²) >= 11 is 0. The molecule has 5 N–H and O–H groups in total. The number of carbonyl (C=O) groups excluding carboxylic acids is 5. The zero-order valence-corrected chi connectivity index (χ0v) is 31.7. The number of ketones is 1. The van der Waals surface area contributed by atoms with Crippen molar-refractivity contribution in [1.82, 2.24) is 29.9 Å². The number of sulfonamides is 1. The molecule has 2 aliphatic heterocycles. The molecule has 0 unspecified atom stereocenters. The van der Waals surface area contributed by atoms with Crippen LogP contribution in [0.2, 0.25) is 0 Å². The Morgan fingerprint density at radius 2 is 1.70 bits per heavy atom. The molecule has 0 radical (unpaired) electrons. The molecule has 306 valence electrons. The number of ether oxygens (including phenoxy) is 1. The molecule has 56 heavy (non-hydrogen) atoms. The number of primary amides is 1. The Labute approximate surface area is 320 Å². The predicted octanol–water partition coefficient (Wildman–Crippen LogP) is 1.46. The Bertz CT molecular complexity index is 1950. The van der Waals surface area contributed by atoms with Gasteiger partial charge in [-0.2, -0.15) is 13.2 Å². The first-order chi connectivity index (χ1) is 26.2. The standard InChI is InChI=1S/C35H45F3N8O9S/c1-33(2,52)27-18-40-44-46(27)23-17-26(31(50)43-34(28(47)29(39)48)12-14-55-15-13-34)45(19-23)32(51)25(16-21-6-4-3-5-7-21)42-30(49)22-8-10-24(11-9-22)56(53,54)41-20-35(36,37)38/h8-11,18,21,23,26,41,52H,3-7,12-17,19-20H2,1-2H3,(H2,39,48)(H,43,50)/t23-,26-/m0/s1. The Balaban J connectivity index is 1.50. The lowest BCUT2D eigenvalue weighted by atomic mass is 9.84. The van der Waals surface area contributed by atoms with E-state index in [0.29, 0.717) is 0 Å².